The maximum Gasteiger partial charge on any atom is 0.305 e. The average Bonchev–Trinajstić information content (AvgIpc) is 3.03. The first-order chi connectivity index (χ1) is 22.2. The van der Waals surface area contributed by atoms with Crippen molar-refractivity contribution in [2.24, 2.45) is 0 Å². The van der Waals surface area contributed by atoms with E-state index in [4.69, 9.17) is 9.84 Å². The fourth-order valence-electron chi connectivity index (χ4n) is 6.46. The molecule has 0 atom stereocenters. The van der Waals surface area contributed by atoms with Crippen molar-refractivity contribution in [3.05, 3.63) is 0 Å². The summed E-state index contributed by atoms with van der Waals surface area (Å²) in [5, 5.41) is 8.64. The standard InChI is InChI=1S/C41H80O4/c1-2-3-4-5-6-7-8-9-16-20-23-26-29-32-35-38-41(44)45-39-36-33-30-27-24-21-18-15-13-11-10-12-14-17-19-22-25-28-31-34-37-40(42)43/h2-39H2,1H3,(H,42,43). The van der Waals surface area contributed by atoms with Crippen molar-refractivity contribution in [2.45, 2.75) is 244 Å². The molecule has 0 unspecified atom stereocenters. The minimum absolute atomic E-state index is 0.0167. The normalized spacial score (nSPS) is 11.3. The highest BCUT2D eigenvalue weighted by Crippen LogP contribution is 2.16. The number of carboxylic acid groups (broad SMARTS) is 1. The molecule has 0 radical (unpaired) electrons. The molecule has 0 aliphatic rings. The average molecular weight is 637 g/mol. The summed E-state index contributed by atoms with van der Waals surface area (Å²) in [5.74, 6) is -0.642. The molecule has 4 heteroatoms. The van der Waals surface area contributed by atoms with Crippen LogP contribution in [0.1, 0.15) is 244 Å². The van der Waals surface area contributed by atoms with E-state index in [1.54, 1.807) is 0 Å². The monoisotopic (exact) mass is 637 g/mol. The molecule has 0 aromatic carbocycles. The Morgan fingerprint density at radius 2 is 0.600 bits per heavy atom. The minimum Gasteiger partial charge on any atom is -0.481 e. The number of esters is 1. The van der Waals surface area contributed by atoms with Crippen molar-refractivity contribution in [3.63, 3.8) is 0 Å². The van der Waals surface area contributed by atoms with Crippen LogP contribution in [0, 0.1) is 0 Å². The Labute approximate surface area is 282 Å². The molecule has 0 saturated carbocycles. The summed E-state index contributed by atoms with van der Waals surface area (Å²) in [6.45, 7) is 2.90. The van der Waals surface area contributed by atoms with Crippen LogP contribution >= 0.6 is 0 Å². The number of carboxylic acids is 1. The zero-order valence-electron chi connectivity index (χ0n) is 30.5. The number of carbonyl (C=O) groups excluding carboxylic acids is 1. The van der Waals surface area contributed by atoms with Gasteiger partial charge in [0.05, 0.1) is 6.61 Å². The fourth-order valence-corrected chi connectivity index (χ4v) is 6.46. The van der Waals surface area contributed by atoms with E-state index in [0.29, 0.717) is 19.4 Å². The van der Waals surface area contributed by atoms with Crippen LogP contribution in [0.25, 0.3) is 0 Å². The first kappa shape index (κ1) is 43.9. The molecule has 0 aromatic heterocycles. The quantitative estimate of drug-likeness (QED) is 0.0538. The summed E-state index contributed by atoms with van der Waals surface area (Å²) in [4.78, 5) is 22.5. The van der Waals surface area contributed by atoms with Crippen LogP contribution in [-0.2, 0) is 14.3 Å². The molecule has 0 bridgehead atoms. The van der Waals surface area contributed by atoms with Gasteiger partial charge in [-0.25, -0.2) is 0 Å². The van der Waals surface area contributed by atoms with E-state index in [-0.39, 0.29) is 5.97 Å². The van der Waals surface area contributed by atoms with Gasteiger partial charge in [0.25, 0.3) is 0 Å². The smallest absolute Gasteiger partial charge is 0.305 e. The molecule has 0 fully saturated rings. The largest absolute Gasteiger partial charge is 0.481 e. The Kier molecular flexibility index (Phi) is 38.2. The Morgan fingerprint density at radius 1 is 0.356 bits per heavy atom. The fraction of sp³-hybridized carbons (Fsp3) is 0.951. The third kappa shape index (κ3) is 40.9. The predicted octanol–water partition coefficient (Wildman–Crippen LogP) is 14.1. The summed E-state index contributed by atoms with van der Waals surface area (Å²) in [7, 11) is 0. The maximum atomic E-state index is 12.0. The molecule has 4 nitrogen and oxygen atoms in total. The van der Waals surface area contributed by atoms with E-state index in [2.05, 4.69) is 6.92 Å². The third-order valence-corrected chi connectivity index (χ3v) is 9.53. The number of hydrogen-bond donors (Lipinski definition) is 1. The van der Waals surface area contributed by atoms with Gasteiger partial charge in [0.1, 0.15) is 0 Å². The molecule has 0 rings (SSSR count). The molecule has 0 aliphatic carbocycles. The molecule has 0 heterocycles. The summed E-state index contributed by atoms with van der Waals surface area (Å²) in [6.07, 6.45) is 47.0. The van der Waals surface area contributed by atoms with Gasteiger partial charge < -0.3 is 9.84 Å². The molecule has 45 heavy (non-hydrogen) atoms. The van der Waals surface area contributed by atoms with Crippen molar-refractivity contribution in [2.75, 3.05) is 6.61 Å². The Hall–Kier alpha value is -1.06. The van der Waals surface area contributed by atoms with Gasteiger partial charge in [-0.15, -0.1) is 0 Å². The summed E-state index contributed by atoms with van der Waals surface area (Å²) in [5.41, 5.74) is 0. The summed E-state index contributed by atoms with van der Waals surface area (Å²) >= 11 is 0. The topological polar surface area (TPSA) is 63.6 Å². The minimum atomic E-state index is -0.658. The van der Waals surface area contributed by atoms with Gasteiger partial charge in [-0.3, -0.25) is 9.59 Å². The van der Waals surface area contributed by atoms with Crippen LogP contribution < -0.4 is 0 Å². The second-order valence-corrected chi connectivity index (χ2v) is 14.1. The van der Waals surface area contributed by atoms with E-state index >= 15 is 0 Å². The number of rotatable bonds is 39. The van der Waals surface area contributed by atoms with E-state index in [0.717, 1.165) is 25.7 Å². The van der Waals surface area contributed by atoms with Gasteiger partial charge >= 0.3 is 11.9 Å². The number of aliphatic carboxylic acids is 1. The van der Waals surface area contributed by atoms with Gasteiger partial charge in [0, 0.05) is 12.8 Å². The molecule has 0 aromatic rings. The second kappa shape index (κ2) is 39.1. The SMILES string of the molecule is CCCCCCCCCCCCCCCCCC(=O)OCCCCCCCCCCCCCCCCCCCCCCC(=O)O. The molecule has 0 saturated heterocycles. The number of hydrogen-bond acceptors (Lipinski definition) is 3. The van der Waals surface area contributed by atoms with Crippen molar-refractivity contribution in [1.29, 1.82) is 0 Å². The van der Waals surface area contributed by atoms with Gasteiger partial charge in [0.15, 0.2) is 0 Å². The van der Waals surface area contributed by atoms with Gasteiger partial charge in [0.2, 0.25) is 0 Å². The van der Waals surface area contributed by atoms with Crippen LogP contribution in [0.5, 0.6) is 0 Å². The molecular weight excluding hydrogens is 556 g/mol. The Bertz CT molecular complexity index is 590. The first-order valence-corrected chi connectivity index (χ1v) is 20.5. The zero-order valence-corrected chi connectivity index (χ0v) is 30.5. The highest BCUT2D eigenvalue weighted by atomic mass is 16.5. The van der Waals surface area contributed by atoms with Crippen molar-refractivity contribution in [3.8, 4) is 0 Å². The van der Waals surface area contributed by atoms with E-state index in [1.165, 1.54) is 199 Å². The lowest BCUT2D eigenvalue weighted by molar-refractivity contribution is -0.144. The molecule has 0 amide bonds. The number of carbonyl (C=O) groups is 2. The number of unbranched alkanes of at least 4 members (excludes halogenated alkanes) is 33. The second-order valence-electron chi connectivity index (χ2n) is 14.1. The Morgan fingerprint density at radius 3 is 0.889 bits per heavy atom. The lowest BCUT2D eigenvalue weighted by Gasteiger charge is -2.06. The highest BCUT2D eigenvalue weighted by molar-refractivity contribution is 5.69. The van der Waals surface area contributed by atoms with Crippen LogP contribution in [0.15, 0.2) is 0 Å². The lowest BCUT2D eigenvalue weighted by Crippen LogP contribution is -2.05. The van der Waals surface area contributed by atoms with E-state index < -0.39 is 5.97 Å². The molecule has 268 valence electrons. The van der Waals surface area contributed by atoms with Crippen LogP contribution in [0.3, 0.4) is 0 Å². The molecule has 0 aliphatic heterocycles. The Balaban J connectivity index is 3.14. The highest BCUT2D eigenvalue weighted by Gasteiger charge is 2.03. The lowest BCUT2D eigenvalue weighted by atomic mass is 10.0. The van der Waals surface area contributed by atoms with E-state index in [1.807, 2.05) is 0 Å². The van der Waals surface area contributed by atoms with Gasteiger partial charge in [-0.05, 0) is 19.3 Å². The van der Waals surface area contributed by atoms with Crippen LogP contribution in [0.2, 0.25) is 0 Å². The van der Waals surface area contributed by atoms with Gasteiger partial charge in [-0.1, -0.05) is 212 Å². The summed E-state index contributed by atoms with van der Waals surface area (Å²) in [6, 6.07) is 0. The number of ether oxygens (including phenoxy) is 1. The van der Waals surface area contributed by atoms with Crippen LogP contribution in [-0.4, -0.2) is 23.7 Å². The molecule has 0 spiro atoms. The first-order valence-electron chi connectivity index (χ1n) is 20.5. The van der Waals surface area contributed by atoms with E-state index in [9.17, 15) is 9.59 Å². The third-order valence-electron chi connectivity index (χ3n) is 9.53. The van der Waals surface area contributed by atoms with Gasteiger partial charge in [-0.2, -0.15) is 0 Å². The predicted molar refractivity (Wildman–Crippen MR) is 195 cm³/mol. The summed E-state index contributed by atoms with van der Waals surface area (Å²) < 4.78 is 5.45. The van der Waals surface area contributed by atoms with Crippen molar-refractivity contribution >= 4 is 11.9 Å². The maximum absolute atomic E-state index is 12.0. The van der Waals surface area contributed by atoms with Crippen molar-refractivity contribution < 1.29 is 19.4 Å². The molecule has 1 N–H and O–H groups in total. The zero-order chi connectivity index (χ0) is 32.7. The van der Waals surface area contributed by atoms with Crippen LogP contribution in [0.4, 0.5) is 0 Å². The van der Waals surface area contributed by atoms with Crippen molar-refractivity contribution in [1.82, 2.24) is 0 Å². The molecular formula is C41H80O4.